The molecule has 0 atom stereocenters. The molecule has 0 unspecified atom stereocenters. The molecule has 12 heavy (non-hydrogen) atoms. The first kappa shape index (κ1) is 7.21. The second-order valence-corrected chi connectivity index (χ2v) is 2.72. The Bertz CT molecular complexity index is 359. The van der Waals surface area contributed by atoms with E-state index >= 15 is 0 Å². The lowest BCUT2D eigenvalue weighted by Crippen LogP contribution is -2.19. The maximum Gasteiger partial charge on any atom is 0.181 e. The van der Waals surface area contributed by atoms with E-state index < -0.39 is 0 Å². The number of nitrogens with zero attached hydrogens (tertiary/aromatic N) is 4. The normalized spacial score (nSPS) is 14.3. The van der Waals surface area contributed by atoms with Crippen LogP contribution in [0.1, 0.15) is 18.4 Å². The smallest absolute Gasteiger partial charge is 0.181 e. The summed E-state index contributed by atoms with van der Waals surface area (Å²) >= 11 is 0. The van der Waals surface area contributed by atoms with Crippen LogP contribution in [0, 0.1) is 6.92 Å². The largest absolute Gasteiger partial charge is 0.285 e. The van der Waals surface area contributed by atoms with Crippen LogP contribution < -0.4 is 0 Å². The predicted octanol–water partition coefficient (Wildman–Crippen LogP) is 1.000. The van der Waals surface area contributed by atoms with Gasteiger partial charge in [-0.25, -0.2) is 4.98 Å². The molecular formula is C8H10N4. The summed E-state index contributed by atoms with van der Waals surface area (Å²) in [5, 5.41) is 7.54. The summed E-state index contributed by atoms with van der Waals surface area (Å²) in [6, 6.07) is 0. The average molecular weight is 162 g/mol. The molecule has 0 fully saturated rings. The summed E-state index contributed by atoms with van der Waals surface area (Å²) in [7, 11) is 0. The number of aromatic nitrogens is 2. The van der Waals surface area contributed by atoms with Crippen LogP contribution in [0.3, 0.4) is 0 Å². The third-order valence-electron chi connectivity index (χ3n) is 1.80. The fraction of sp³-hybridized carbons (Fsp3) is 0.375. The molecule has 0 saturated carbocycles. The molecule has 0 saturated heterocycles. The molecule has 62 valence electrons. The van der Waals surface area contributed by atoms with Gasteiger partial charge < -0.3 is 0 Å². The van der Waals surface area contributed by atoms with Crippen LogP contribution in [0.15, 0.2) is 16.4 Å². The molecule has 1 aliphatic rings. The van der Waals surface area contributed by atoms with Gasteiger partial charge in [-0.1, -0.05) is 6.92 Å². The molecule has 4 nitrogen and oxygen atoms in total. The van der Waals surface area contributed by atoms with Crippen LogP contribution in [0.2, 0.25) is 0 Å². The Balaban J connectivity index is 2.41. The maximum atomic E-state index is 4.35. The van der Waals surface area contributed by atoms with E-state index in [9.17, 15) is 0 Å². The van der Waals surface area contributed by atoms with Gasteiger partial charge in [-0.3, -0.25) is 4.57 Å². The zero-order chi connectivity index (χ0) is 8.55. The second-order valence-electron chi connectivity index (χ2n) is 2.72. The Hall–Kier alpha value is -1.45. The number of rotatable bonds is 1. The lowest BCUT2D eigenvalue weighted by Gasteiger charge is -2.07. The standard InChI is InChI=1S/C8H10N4/c1-3-7-10-6(2)5-12(7)8-4-9-11-8/h4-5H,3H2,1-2H3. The molecule has 2 heterocycles. The van der Waals surface area contributed by atoms with Gasteiger partial charge in [0.05, 0.1) is 11.9 Å². The number of hydrogen-bond acceptors (Lipinski definition) is 3. The first-order chi connectivity index (χ1) is 5.81. The highest BCUT2D eigenvalue weighted by Gasteiger charge is 2.10. The van der Waals surface area contributed by atoms with Crippen LogP contribution in [-0.4, -0.2) is 21.6 Å². The Morgan fingerprint density at radius 1 is 1.50 bits per heavy atom. The molecule has 1 aromatic heterocycles. The highest BCUT2D eigenvalue weighted by atomic mass is 15.3. The highest BCUT2D eigenvalue weighted by Crippen LogP contribution is 2.05. The Labute approximate surface area is 70.6 Å². The minimum atomic E-state index is 0.882. The summed E-state index contributed by atoms with van der Waals surface area (Å²) in [5.41, 5.74) is 1.02. The second kappa shape index (κ2) is 2.55. The minimum Gasteiger partial charge on any atom is -0.285 e. The number of imidazole rings is 1. The summed E-state index contributed by atoms with van der Waals surface area (Å²) in [4.78, 5) is 4.35. The van der Waals surface area contributed by atoms with Crippen LogP contribution in [0.5, 0.6) is 0 Å². The lowest BCUT2D eigenvalue weighted by molar-refractivity contribution is 0.915. The van der Waals surface area contributed by atoms with Crippen molar-refractivity contribution in [2.75, 3.05) is 0 Å². The fourth-order valence-electron chi connectivity index (χ4n) is 1.22. The van der Waals surface area contributed by atoms with E-state index in [2.05, 4.69) is 22.1 Å². The summed E-state index contributed by atoms with van der Waals surface area (Å²) < 4.78 is 1.97. The lowest BCUT2D eigenvalue weighted by atomic mass is 10.4. The molecule has 0 aromatic carbocycles. The zero-order valence-corrected chi connectivity index (χ0v) is 7.15. The van der Waals surface area contributed by atoms with Gasteiger partial charge in [0.1, 0.15) is 5.82 Å². The van der Waals surface area contributed by atoms with Crippen LogP contribution in [0.4, 0.5) is 0 Å². The minimum absolute atomic E-state index is 0.882. The van der Waals surface area contributed by atoms with E-state index in [1.807, 2.05) is 17.7 Å². The molecule has 0 aliphatic carbocycles. The van der Waals surface area contributed by atoms with Crippen molar-refractivity contribution in [2.45, 2.75) is 20.3 Å². The Morgan fingerprint density at radius 3 is 2.75 bits per heavy atom. The van der Waals surface area contributed by atoms with Crippen molar-refractivity contribution in [1.82, 2.24) is 9.55 Å². The van der Waals surface area contributed by atoms with Gasteiger partial charge in [0, 0.05) is 12.6 Å². The van der Waals surface area contributed by atoms with Gasteiger partial charge in [0.25, 0.3) is 0 Å². The van der Waals surface area contributed by atoms with Gasteiger partial charge in [-0.2, -0.15) is 5.10 Å². The molecule has 2 rings (SSSR count). The van der Waals surface area contributed by atoms with Gasteiger partial charge in [-0.15, -0.1) is 5.10 Å². The topological polar surface area (TPSA) is 42.5 Å². The fourth-order valence-corrected chi connectivity index (χ4v) is 1.22. The van der Waals surface area contributed by atoms with Crippen molar-refractivity contribution in [2.24, 2.45) is 10.2 Å². The van der Waals surface area contributed by atoms with E-state index in [0.29, 0.717) is 0 Å². The van der Waals surface area contributed by atoms with E-state index in [1.54, 1.807) is 6.21 Å². The molecule has 0 spiro atoms. The van der Waals surface area contributed by atoms with Gasteiger partial charge >= 0.3 is 0 Å². The van der Waals surface area contributed by atoms with Crippen LogP contribution in [-0.2, 0) is 6.42 Å². The van der Waals surface area contributed by atoms with Crippen molar-refractivity contribution in [1.29, 1.82) is 0 Å². The Kier molecular flexibility index (Phi) is 1.53. The molecule has 0 bridgehead atoms. The third kappa shape index (κ3) is 0.958. The van der Waals surface area contributed by atoms with E-state index in [-0.39, 0.29) is 0 Å². The van der Waals surface area contributed by atoms with Crippen molar-refractivity contribution >= 4 is 12.1 Å². The zero-order valence-electron chi connectivity index (χ0n) is 7.15. The highest BCUT2D eigenvalue weighted by molar-refractivity contribution is 6.33. The van der Waals surface area contributed by atoms with Crippen molar-refractivity contribution < 1.29 is 0 Å². The maximum absolute atomic E-state index is 4.35. The first-order valence-electron chi connectivity index (χ1n) is 3.97. The van der Waals surface area contributed by atoms with Crippen molar-refractivity contribution in [3.8, 4) is 0 Å². The van der Waals surface area contributed by atoms with Gasteiger partial charge in [0.15, 0.2) is 5.84 Å². The predicted molar refractivity (Wildman–Crippen MR) is 47.7 cm³/mol. The summed E-state index contributed by atoms with van der Waals surface area (Å²) in [6.45, 7) is 4.06. The van der Waals surface area contributed by atoms with Crippen LogP contribution in [0.25, 0.3) is 0 Å². The van der Waals surface area contributed by atoms with E-state index in [0.717, 1.165) is 23.8 Å². The Morgan fingerprint density at radius 2 is 2.25 bits per heavy atom. The molecule has 0 radical (unpaired) electrons. The van der Waals surface area contributed by atoms with Crippen molar-refractivity contribution in [3.63, 3.8) is 0 Å². The van der Waals surface area contributed by atoms with Gasteiger partial charge in [0.2, 0.25) is 0 Å². The number of aryl methyl sites for hydroxylation is 2. The molecule has 4 heteroatoms. The van der Waals surface area contributed by atoms with E-state index in [1.165, 1.54) is 0 Å². The monoisotopic (exact) mass is 162 g/mol. The third-order valence-corrected chi connectivity index (χ3v) is 1.80. The quantitative estimate of drug-likeness (QED) is 0.607. The molecule has 1 aromatic rings. The molecular weight excluding hydrogens is 152 g/mol. The molecule has 0 N–H and O–H groups in total. The molecule has 1 aliphatic heterocycles. The summed E-state index contributed by atoms with van der Waals surface area (Å²) in [6.07, 6.45) is 4.63. The first-order valence-corrected chi connectivity index (χ1v) is 3.97. The average Bonchev–Trinajstić information content (AvgIpc) is 2.27. The van der Waals surface area contributed by atoms with Crippen LogP contribution >= 0.6 is 0 Å². The number of hydrogen-bond donors (Lipinski definition) is 0. The van der Waals surface area contributed by atoms with E-state index in [4.69, 9.17) is 0 Å². The molecule has 0 amide bonds. The SMILES string of the molecule is CCc1nc(C)cn1C1=NN=C1. The van der Waals surface area contributed by atoms with Crippen molar-refractivity contribution in [3.05, 3.63) is 17.7 Å². The van der Waals surface area contributed by atoms with Gasteiger partial charge in [-0.05, 0) is 6.92 Å². The summed E-state index contributed by atoms with van der Waals surface area (Å²) in [5.74, 6) is 1.92.